The summed E-state index contributed by atoms with van der Waals surface area (Å²) >= 11 is 1.50. The van der Waals surface area contributed by atoms with E-state index in [0.29, 0.717) is 23.2 Å². The number of nitrogens with one attached hydrogen (secondary N) is 1. The van der Waals surface area contributed by atoms with E-state index >= 15 is 0 Å². The van der Waals surface area contributed by atoms with Crippen LogP contribution < -0.4 is 14.8 Å². The molecule has 0 atom stereocenters. The van der Waals surface area contributed by atoms with Gasteiger partial charge in [-0.2, -0.15) is 4.98 Å². The molecule has 0 saturated heterocycles. The third-order valence-electron chi connectivity index (χ3n) is 4.05. The fraction of sp³-hybridized carbons (Fsp3) is 0.300. The summed E-state index contributed by atoms with van der Waals surface area (Å²) in [6, 6.07) is 9.10. The number of benzene rings is 1. The number of methoxy groups -OCH3 is 2. The summed E-state index contributed by atoms with van der Waals surface area (Å²) < 4.78 is 20.5. The van der Waals surface area contributed by atoms with Crippen molar-refractivity contribution >= 4 is 23.2 Å². The maximum absolute atomic E-state index is 11.9. The van der Waals surface area contributed by atoms with E-state index in [-0.39, 0.29) is 26.0 Å². The van der Waals surface area contributed by atoms with E-state index < -0.39 is 11.9 Å². The predicted molar refractivity (Wildman–Crippen MR) is 108 cm³/mol. The lowest BCUT2D eigenvalue weighted by Crippen LogP contribution is -2.28. The summed E-state index contributed by atoms with van der Waals surface area (Å²) in [5, 5.41) is 8.48. The Morgan fingerprint density at radius 2 is 2.00 bits per heavy atom. The smallest absolute Gasteiger partial charge is 0.306 e. The standard InChI is InChI=1S/C20H21N3O6S/c1-26-14-6-5-13(10-15(14)27-2)11-21-17(24)12-28-19(25)8-7-18-22-20(23-29-18)16-4-3-9-30-16/h3-6,9-10H,7-8,11-12H2,1-2H3,(H,21,24). The van der Waals surface area contributed by atoms with Gasteiger partial charge in [0, 0.05) is 13.0 Å². The molecule has 0 aliphatic carbocycles. The number of aromatic nitrogens is 2. The number of hydrogen-bond donors (Lipinski definition) is 1. The topological polar surface area (TPSA) is 113 Å². The van der Waals surface area contributed by atoms with Gasteiger partial charge in [0.1, 0.15) is 0 Å². The van der Waals surface area contributed by atoms with Crippen molar-refractivity contribution in [2.45, 2.75) is 19.4 Å². The van der Waals surface area contributed by atoms with Crippen molar-refractivity contribution in [2.24, 2.45) is 0 Å². The first-order valence-electron chi connectivity index (χ1n) is 9.08. The van der Waals surface area contributed by atoms with Crippen molar-refractivity contribution in [1.29, 1.82) is 0 Å². The number of carbonyl (C=O) groups is 2. The largest absolute Gasteiger partial charge is 0.493 e. The maximum atomic E-state index is 11.9. The summed E-state index contributed by atoms with van der Waals surface area (Å²) in [5.74, 6) is 1.07. The minimum atomic E-state index is -0.521. The number of nitrogens with zero attached hydrogens (tertiary/aromatic N) is 2. The van der Waals surface area contributed by atoms with Crippen LogP contribution in [0, 0.1) is 0 Å². The normalized spacial score (nSPS) is 10.5. The molecule has 0 spiro atoms. The number of aryl methyl sites for hydroxylation is 1. The molecule has 0 saturated carbocycles. The maximum Gasteiger partial charge on any atom is 0.306 e. The summed E-state index contributed by atoms with van der Waals surface area (Å²) in [6.07, 6.45) is 0.277. The molecule has 0 bridgehead atoms. The molecule has 1 N–H and O–H groups in total. The molecule has 0 unspecified atom stereocenters. The Balaban J connectivity index is 1.38. The molecular formula is C20H21N3O6S. The van der Waals surface area contributed by atoms with Crippen molar-refractivity contribution < 1.29 is 28.3 Å². The first kappa shape index (κ1) is 21.3. The van der Waals surface area contributed by atoms with Crippen LogP contribution in [-0.4, -0.2) is 42.8 Å². The summed E-state index contributed by atoms with van der Waals surface area (Å²) in [4.78, 5) is 28.9. The zero-order valence-electron chi connectivity index (χ0n) is 16.5. The van der Waals surface area contributed by atoms with Gasteiger partial charge in [-0.15, -0.1) is 11.3 Å². The Bertz CT molecular complexity index is 986. The number of amides is 1. The van der Waals surface area contributed by atoms with Crippen molar-refractivity contribution in [1.82, 2.24) is 15.5 Å². The Kier molecular flexibility index (Phi) is 7.39. The average molecular weight is 431 g/mol. The quantitative estimate of drug-likeness (QED) is 0.488. The average Bonchev–Trinajstić information content (AvgIpc) is 3.46. The zero-order chi connectivity index (χ0) is 21.3. The van der Waals surface area contributed by atoms with E-state index in [1.807, 2.05) is 23.6 Å². The van der Waals surface area contributed by atoms with Gasteiger partial charge in [-0.3, -0.25) is 9.59 Å². The Hall–Kier alpha value is -3.40. The van der Waals surface area contributed by atoms with Crippen LogP contribution in [0.1, 0.15) is 17.9 Å². The number of ether oxygens (including phenoxy) is 3. The lowest BCUT2D eigenvalue weighted by molar-refractivity contribution is -0.148. The van der Waals surface area contributed by atoms with Crippen molar-refractivity contribution in [3.05, 3.63) is 47.2 Å². The van der Waals surface area contributed by atoms with E-state index in [0.717, 1.165) is 10.4 Å². The second kappa shape index (κ2) is 10.4. The molecule has 30 heavy (non-hydrogen) atoms. The van der Waals surface area contributed by atoms with Crippen molar-refractivity contribution in [3.8, 4) is 22.2 Å². The van der Waals surface area contributed by atoms with Gasteiger partial charge in [0.2, 0.25) is 11.7 Å². The van der Waals surface area contributed by atoms with Crippen LogP contribution in [0.2, 0.25) is 0 Å². The van der Waals surface area contributed by atoms with E-state index in [1.54, 1.807) is 19.2 Å². The van der Waals surface area contributed by atoms with Gasteiger partial charge in [0.15, 0.2) is 18.1 Å². The van der Waals surface area contributed by atoms with Crippen molar-refractivity contribution in [3.63, 3.8) is 0 Å². The molecule has 10 heteroatoms. The molecule has 2 heterocycles. The van der Waals surface area contributed by atoms with Crippen molar-refractivity contribution in [2.75, 3.05) is 20.8 Å². The molecule has 2 aromatic heterocycles. The lowest BCUT2D eigenvalue weighted by atomic mass is 10.2. The molecule has 9 nitrogen and oxygen atoms in total. The predicted octanol–water partition coefficient (Wildman–Crippen LogP) is 2.61. The number of carbonyl (C=O) groups excluding carboxylic acids is 2. The SMILES string of the molecule is COc1ccc(CNC(=O)COC(=O)CCc2nc(-c3cccs3)no2)cc1OC. The zero-order valence-corrected chi connectivity index (χ0v) is 17.4. The van der Waals surface area contributed by atoms with Crippen LogP contribution in [-0.2, 0) is 27.3 Å². The molecule has 158 valence electrons. The second-order valence-electron chi connectivity index (χ2n) is 6.12. The van der Waals surface area contributed by atoms with Gasteiger partial charge in [-0.05, 0) is 29.1 Å². The highest BCUT2D eigenvalue weighted by atomic mass is 32.1. The van der Waals surface area contributed by atoms with E-state index in [4.69, 9.17) is 18.7 Å². The number of esters is 1. The Morgan fingerprint density at radius 3 is 2.73 bits per heavy atom. The summed E-state index contributed by atoms with van der Waals surface area (Å²) in [5.41, 5.74) is 0.824. The Labute approximate surface area is 177 Å². The summed E-state index contributed by atoms with van der Waals surface area (Å²) in [6.45, 7) is -0.0966. The van der Waals surface area contributed by atoms with E-state index in [1.165, 1.54) is 18.4 Å². The third kappa shape index (κ3) is 5.80. The number of rotatable bonds is 10. The monoisotopic (exact) mass is 431 g/mol. The van der Waals surface area contributed by atoms with E-state index in [9.17, 15) is 9.59 Å². The number of hydrogen-bond acceptors (Lipinski definition) is 9. The first-order chi connectivity index (χ1) is 14.6. The first-order valence-corrected chi connectivity index (χ1v) is 9.96. The molecule has 0 fully saturated rings. The van der Waals surface area contributed by atoms with Crippen LogP contribution in [0.25, 0.3) is 10.7 Å². The molecule has 0 aliphatic heterocycles. The number of thiophene rings is 1. The minimum absolute atomic E-state index is 0.0367. The van der Waals surface area contributed by atoms with Crippen LogP contribution in [0.15, 0.2) is 40.2 Å². The van der Waals surface area contributed by atoms with E-state index in [2.05, 4.69) is 15.5 Å². The van der Waals surface area contributed by atoms with Gasteiger partial charge in [-0.25, -0.2) is 0 Å². The second-order valence-corrected chi connectivity index (χ2v) is 7.06. The van der Waals surface area contributed by atoms with Gasteiger partial charge in [-0.1, -0.05) is 17.3 Å². The van der Waals surface area contributed by atoms with Crippen LogP contribution in [0.5, 0.6) is 11.5 Å². The minimum Gasteiger partial charge on any atom is -0.493 e. The summed E-state index contributed by atoms with van der Waals surface area (Å²) in [7, 11) is 3.09. The molecule has 3 rings (SSSR count). The molecular weight excluding hydrogens is 410 g/mol. The van der Waals surface area contributed by atoms with Gasteiger partial charge < -0.3 is 24.1 Å². The van der Waals surface area contributed by atoms with Crippen LogP contribution >= 0.6 is 11.3 Å². The van der Waals surface area contributed by atoms with Crippen LogP contribution in [0.3, 0.4) is 0 Å². The molecule has 1 aromatic carbocycles. The highest BCUT2D eigenvalue weighted by Gasteiger charge is 2.13. The van der Waals surface area contributed by atoms with Gasteiger partial charge in [0.25, 0.3) is 5.91 Å². The highest BCUT2D eigenvalue weighted by molar-refractivity contribution is 7.13. The van der Waals surface area contributed by atoms with Gasteiger partial charge >= 0.3 is 5.97 Å². The molecule has 3 aromatic rings. The molecule has 0 aliphatic rings. The lowest BCUT2D eigenvalue weighted by Gasteiger charge is -2.10. The molecule has 1 amide bonds. The molecule has 0 radical (unpaired) electrons. The van der Waals surface area contributed by atoms with Crippen LogP contribution in [0.4, 0.5) is 0 Å². The fourth-order valence-corrected chi connectivity index (χ4v) is 3.18. The van der Waals surface area contributed by atoms with Gasteiger partial charge in [0.05, 0.1) is 25.5 Å². The third-order valence-corrected chi connectivity index (χ3v) is 4.92. The Morgan fingerprint density at radius 1 is 1.17 bits per heavy atom. The highest BCUT2D eigenvalue weighted by Crippen LogP contribution is 2.27. The fourth-order valence-electron chi connectivity index (χ4n) is 2.53.